The van der Waals surface area contributed by atoms with Crippen LogP contribution in [0, 0.1) is 5.92 Å². The first-order chi connectivity index (χ1) is 13.4. The van der Waals surface area contributed by atoms with Crippen molar-refractivity contribution >= 4 is 35.3 Å². The van der Waals surface area contributed by atoms with Crippen LogP contribution in [-0.2, 0) is 9.59 Å². The van der Waals surface area contributed by atoms with Crippen LogP contribution in [0.4, 0.5) is 0 Å². The second-order valence-electron chi connectivity index (χ2n) is 6.98. The molecule has 1 aromatic rings. The first-order valence-electron chi connectivity index (χ1n) is 9.43. The van der Waals surface area contributed by atoms with Gasteiger partial charge in [0.1, 0.15) is 5.78 Å². The van der Waals surface area contributed by atoms with Crippen molar-refractivity contribution in [3.8, 4) is 0 Å². The van der Waals surface area contributed by atoms with Gasteiger partial charge in [-0.3, -0.25) is 9.59 Å². The highest BCUT2D eigenvalue weighted by Crippen LogP contribution is 2.35. The zero-order valence-electron chi connectivity index (χ0n) is 15.9. The fraction of sp³-hybridized carbons (Fsp3) is 0.524. The van der Waals surface area contributed by atoms with Gasteiger partial charge in [-0.2, -0.15) is 11.8 Å². The van der Waals surface area contributed by atoms with Gasteiger partial charge in [0.2, 0.25) is 0 Å². The van der Waals surface area contributed by atoms with Crippen molar-refractivity contribution in [2.75, 3.05) is 17.3 Å². The van der Waals surface area contributed by atoms with Gasteiger partial charge in [0.05, 0.1) is 23.2 Å². The molecule has 7 heteroatoms. The Morgan fingerprint density at radius 3 is 2.68 bits per heavy atom. The molecule has 0 aromatic heterocycles. The number of rotatable bonds is 11. The van der Waals surface area contributed by atoms with Gasteiger partial charge in [-0.1, -0.05) is 49.4 Å². The monoisotopic (exact) mass is 424 g/mol. The maximum atomic E-state index is 12.2. The molecule has 0 radical (unpaired) electrons. The Morgan fingerprint density at radius 1 is 1.29 bits per heavy atom. The van der Waals surface area contributed by atoms with Crippen molar-refractivity contribution in [1.82, 2.24) is 0 Å². The van der Waals surface area contributed by atoms with Crippen LogP contribution in [-0.4, -0.2) is 61.8 Å². The summed E-state index contributed by atoms with van der Waals surface area (Å²) in [5.41, 5.74) is 1.03. The number of carboxylic acids is 1. The quantitative estimate of drug-likeness (QED) is 0.371. The summed E-state index contributed by atoms with van der Waals surface area (Å²) in [6.07, 6.45) is 3.03. The van der Waals surface area contributed by atoms with Crippen LogP contribution >= 0.6 is 23.5 Å². The number of ketones is 1. The predicted molar refractivity (Wildman–Crippen MR) is 115 cm³/mol. The van der Waals surface area contributed by atoms with Gasteiger partial charge in [0.25, 0.3) is 0 Å². The lowest BCUT2D eigenvalue weighted by atomic mass is 9.94. The molecule has 5 atom stereocenters. The van der Waals surface area contributed by atoms with Crippen molar-refractivity contribution < 1.29 is 24.9 Å². The lowest BCUT2D eigenvalue weighted by Crippen LogP contribution is -2.22. The van der Waals surface area contributed by atoms with E-state index in [0.717, 1.165) is 23.5 Å². The second-order valence-corrected chi connectivity index (χ2v) is 9.34. The molecular weight excluding hydrogens is 396 g/mol. The molecule has 3 N–H and O–H groups in total. The molecule has 1 saturated carbocycles. The third-order valence-electron chi connectivity index (χ3n) is 4.85. The molecule has 2 rings (SSSR count). The van der Waals surface area contributed by atoms with Gasteiger partial charge >= 0.3 is 5.97 Å². The third kappa shape index (κ3) is 6.95. The predicted octanol–water partition coefficient (Wildman–Crippen LogP) is 2.97. The molecule has 0 aliphatic heterocycles. The molecular formula is C21H28O5S2. The van der Waals surface area contributed by atoms with Crippen molar-refractivity contribution in [1.29, 1.82) is 0 Å². The third-order valence-corrected chi connectivity index (χ3v) is 7.33. The minimum absolute atomic E-state index is 0.0379. The van der Waals surface area contributed by atoms with E-state index in [2.05, 4.69) is 0 Å². The summed E-state index contributed by atoms with van der Waals surface area (Å²) in [6.45, 7) is 1.95. The first-order valence-corrected chi connectivity index (χ1v) is 11.6. The Bertz CT molecular complexity index is 664. The maximum Gasteiger partial charge on any atom is 0.313 e. The van der Waals surface area contributed by atoms with E-state index in [1.807, 2.05) is 37.3 Å². The van der Waals surface area contributed by atoms with E-state index in [9.17, 15) is 19.8 Å². The van der Waals surface area contributed by atoms with Gasteiger partial charge in [0.15, 0.2) is 0 Å². The number of aliphatic carboxylic acids is 1. The summed E-state index contributed by atoms with van der Waals surface area (Å²) in [5.74, 6) is 0.399. The van der Waals surface area contributed by atoms with E-state index >= 15 is 0 Å². The minimum atomic E-state index is -0.819. The Kier molecular flexibility index (Phi) is 9.58. The van der Waals surface area contributed by atoms with Gasteiger partial charge in [-0.15, -0.1) is 11.8 Å². The van der Waals surface area contributed by atoms with Crippen LogP contribution in [0.15, 0.2) is 42.5 Å². The van der Waals surface area contributed by atoms with Crippen LogP contribution in [0.3, 0.4) is 0 Å². The van der Waals surface area contributed by atoms with Gasteiger partial charge in [0, 0.05) is 18.3 Å². The zero-order valence-corrected chi connectivity index (χ0v) is 17.6. The van der Waals surface area contributed by atoms with Crippen LogP contribution in [0.2, 0.25) is 0 Å². The highest BCUT2D eigenvalue weighted by atomic mass is 32.2. The van der Waals surface area contributed by atoms with Gasteiger partial charge in [-0.05, 0) is 23.5 Å². The molecule has 0 saturated heterocycles. The lowest BCUT2D eigenvalue weighted by Gasteiger charge is -2.20. The number of hydrogen-bond donors (Lipinski definition) is 3. The zero-order chi connectivity index (χ0) is 20.5. The standard InChI is InChI=1S/C21H28O5S2/c1-14(15-6-3-2-4-7-15)17(22)9-8-16-18(23)12-19(24)21(16)28-11-5-10-27-13-20(25)26/h2-4,6-9,14,16-18,21-23H,5,10-13H2,1H3,(H,25,26)/t14?,16-,17?,18+,21?/m0/s1. The van der Waals surface area contributed by atoms with Crippen molar-refractivity contribution in [2.24, 2.45) is 5.92 Å². The molecule has 1 aliphatic rings. The molecule has 0 amide bonds. The molecule has 5 nitrogen and oxygen atoms in total. The number of Topliss-reactive ketones (excluding diaryl/α,β-unsaturated/α-hetero) is 1. The number of carbonyl (C=O) groups is 2. The van der Waals surface area contributed by atoms with E-state index in [1.54, 1.807) is 12.2 Å². The van der Waals surface area contributed by atoms with Crippen molar-refractivity contribution in [3.05, 3.63) is 48.0 Å². The number of benzene rings is 1. The molecule has 28 heavy (non-hydrogen) atoms. The Hall–Kier alpha value is -1.28. The maximum absolute atomic E-state index is 12.2. The van der Waals surface area contributed by atoms with E-state index in [-0.39, 0.29) is 35.0 Å². The highest BCUT2D eigenvalue weighted by Gasteiger charge is 2.40. The Labute approximate surface area is 174 Å². The van der Waals surface area contributed by atoms with Crippen LogP contribution in [0.1, 0.15) is 31.2 Å². The summed E-state index contributed by atoms with van der Waals surface area (Å²) in [6, 6.07) is 9.74. The first kappa shape index (κ1) is 23.0. The largest absolute Gasteiger partial charge is 0.481 e. The Morgan fingerprint density at radius 2 is 2.00 bits per heavy atom. The number of hydrogen-bond acceptors (Lipinski definition) is 6. The van der Waals surface area contributed by atoms with Crippen LogP contribution in [0.25, 0.3) is 0 Å². The summed E-state index contributed by atoms with van der Waals surface area (Å²) in [7, 11) is 0. The smallest absolute Gasteiger partial charge is 0.313 e. The molecule has 1 aliphatic carbocycles. The highest BCUT2D eigenvalue weighted by molar-refractivity contribution is 8.01. The number of carbonyl (C=O) groups excluding carboxylic acids is 1. The average molecular weight is 425 g/mol. The topological polar surface area (TPSA) is 94.8 Å². The fourth-order valence-electron chi connectivity index (χ4n) is 3.20. The van der Waals surface area contributed by atoms with E-state index < -0.39 is 18.2 Å². The number of aliphatic hydroxyl groups excluding tert-OH is 2. The fourth-order valence-corrected chi connectivity index (χ4v) is 5.39. The molecule has 1 fully saturated rings. The van der Waals surface area contributed by atoms with Crippen molar-refractivity contribution in [3.63, 3.8) is 0 Å². The number of carboxylic acid groups (broad SMARTS) is 1. The summed E-state index contributed by atoms with van der Waals surface area (Å²) in [4.78, 5) is 22.7. The Balaban J connectivity index is 1.87. The minimum Gasteiger partial charge on any atom is -0.481 e. The van der Waals surface area contributed by atoms with Crippen molar-refractivity contribution in [2.45, 2.75) is 43.1 Å². The summed E-state index contributed by atoms with van der Waals surface area (Å²) in [5, 5.41) is 29.1. The number of thioether (sulfide) groups is 2. The second kappa shape index (κ2) is 11.7. The molecule has 0 heterocycles. The summed E-state index contributed by atoms with van der Waals surface area (Å²) < 4.78 is 0. The van der Waals surface area contributed by atoms with Crippen LogP contribution in [0.5, 0.6) is 0 Å². The van der Waals surface area contributed by atoms with Gasteiger partial charge in [-0.25, -0.2) is 0 Å². The van der Waals surface area contributed by atoms with E-state index in [0.29, 0.717) is 0 Å². The van der Waals surface area contributed by atoms with Gasteiger partial charge < -0.3 is 15.3 Å². The van der Waals surface area contributed by atoms with E-state index in [1.165, 1.54) is 23.5 Å². The summed E-state index contributed by atoms with van der Waals surface area (Å²) >= 11 is 2.88. The average Bonchev–Trinajstić information content (AvgIpc) is 2.95. The lowest BCUT2D eigenvalue weighted by molar-refractivity contribution is -0.133. The molecule has 154 valence electrons. The molecule has 0 bridgehead atoms. The van der Waals surface area contributed by atoms with E-state index in [4.69, 9.17) is 5.11 Å². The molecule has 1 aromatic carbocycles. The number of aliphatic hydroxyl groups is 2. The normalized spacial score (nSPS) is 24.5. The van der Waals surface area contributed by atoms with Crippen LogP contribution < -0.4 is 0 Å². The molecule has 0 spiro atoms. The molecule has 3 unspecified atom stereocenters. The SMILES string of the molecule is CC(c1ccccc1)C(O)C=C[C@@H]1C(SCCCSCC(=O)O)C(=O)C[C@H]1O.